The fourth-order valence-corrected chi connectivity index (χ4v) is 1.09. The van der Waals surface area contributed by atoms with Gasteiger partial charge in [0.15, 0.2) is 0 Å². The van der Waals surface area contributed by atoms with Crippen LogP contribution in [0, 0.1) is 5.92 Å². The minimum atomic E-state index is 0.255. The van der Waals surface area contributed by atoms with Gasteiger partial charge in [-0.1, -0.05) is 34.6 Å². The van der Waals surface area contributed by atoms with Crippen LogP contribution in [0.15, 0.2) is 0 Å². The van der Waals surface area contributed by atoms with Crippen LogP contribution < -0.4 is 0 Å². The van der Waals surface area contributed by atoms with E-state index in [1.54, 1.807) is 13.8 Å². The molecule has 138 valence electrons. The molecule has 1 rings (SSSR count). The van der Waals surface area contributed by atoms with Gasteiger partial charge < -0.3 is 14.3 Å². The van der Waals surface area contributed by atoms with E-state index in [-0.39, 0.29) is 17.5 Å². The molecule has 0 spiro atoms. The third kappa shape index (κ3) is 29.6. The Morgan fingerprint density at radius 2 is 1.17 bits per heavy atom. The summed E-state index contributed by atoms with van der Waals surface area (Å²) < 4.78 is 4.94. The number of Topliss-reactive ketones (excluding diaryl/α,β-unsaturated/α-hetero) is 3. The van der Waals surface area contributed by atoms with Crippen LogP contribution in [-0.2, 0) is 19.1 Å². The number of carbonyl (C=O) groups excluding carboxylic acids is 3. The molecule has 0 bridgehead atoms. The summed E-state index contributed by atoms with van der Waals surface area (Å²) >= 11 is 0. The SMILES string of the molecule is C1CCOC1.CCC(=O)C(C)CC.CCC(C)=O.CCC(C)=O. The van der Waals surface area contributed by atoms with E-state index in [0.29, 0.717) is 25.0 Å². The summed E-state index contributed by atoms with van der Waals surface area (Å²) in [6.45, 7) is 14.8. The van der Waals surface area contributed by atoms with Gasteiger partial charge in [0.05, 0.1) is 0 Å². The van der Waals surface area contributed by atoms with Crippen molar-refractivity contribution in [1.82, 2.24) is 0 Å². The first-order valence-electron chi connectivity index (χ1n) is 8.85. The topological polar surface area (TPSA) is 60.4 Å². The lowest BCUT2D eigenvalue weighted by atomic mass is 10.0. The lowest BCUT2D eigenvalue weighted by molar-refractivity contribution is -0.122. The zero-order chi connectivity index (χ0) is 18.7. The molecule has 0 N–H and O–H groups in total. The van der Waals surface area contributed by atoms with E-state index in [0.717, 1.165) is 19.6 Å². The van der Waals surface area contributed by atoms with Crippen LogP contribution in [0.5, 0.6) is 0 Å². The van der Waals surface area contributed by atoms with Crippen molar-refractivity contribution in [3.63, 3.8) is 0 Å². The quantitative estimate of drug-likeness (QED) is 0.728. The molecule has 1 saturated heterocycles. The summed E-state index contributed by atoms with van der Waals surface area (Å²) in [5, 5.41) is 0. The standard InChI is InChI=1S/C7H14O.3C4H8O/c1-4-6(3)7(8)5-2;1-2-4-5-3-1;2*1-3-4(2)5/h6H,4-5H2,1-3H3;1-4H2;2*3H2,1-2H3. The lowest BCUT2D eigenvalue weighted by Crippen LogP contribution is -2.06. The summed E-state index contributed by atoms with van der Waals surface area (Å²) in [5.41, 5.74) is 0. The molecular formula is C19H38O4. The molecule has 0 saturated carbocycles. The van der Waals surface area contributed by atoms with Crippen LogP contribution in [0.2, 0.25) is 0 Å². The number of hydrogen-bond donors (Lipinski definition) is 0. The molecule has 1 fully saturated rings. The molecule has 0 amide bonds. The van der Waals surface area contributed by atoms with E-state index in [1.165, 1.54) is 12.8 Å². The first-order chi connectivity index (χ1) is 10.8. The van der Waals surface area contributed by atoms with Crippen LogP contribution in [-0.4, -0.2) is 30.6 Å². The van der Waals surface area contributed by atoms with Crippen molar-refractivity contribution >= 4 is 17.3 Å². The lowest BCUT2D eigenvalue weighted by Gasteiger charge is -2.02. The Balaban J connectivity index is -0.000000238. The maximum Gasteiger partial charge on any atom is 0.135 e. The Hall–Kier alpha value is -1.03. The summed E-state index contributed by atoms with van der Waals surface area (Å²) in [6.07, 6.45) is 5.56. The van der Waals surface area contributed by atoms with E-state index in [9.17, 15) is 14.4 Å². The van der Waals surface area contributed by atoms with Gasteiger partial charge in [-0.15, -0.1) is 0 Å². The van der Waals surface area contributed by atoms with E-state index in [4.69, 9.17) is 4.74 Å². The van der Waals surface area contributed by atoms with Crippen molar-refractivity contribution in [2.24, 2.45) is 5.92 Å². The van der Waals surface area contributed by atoms with Gasteiger partial charge in [-0.25, -0.2) is 0 Å². The van der Waals surface area contributed by atoms with Gasteiger partial charge in [0.1, 0.15) is 17.3 Å². The summed E-state index contributed by atoms with van der Waals surface area (Å²) in [4.78, 5) is 30.4. The molecule has 0 radical (unpaired) electrons. The molecule has 1 heterocycles. The van der Waals surface area contributed by atoms with Crippen LogP contribution in [0.1, 0.15) is 87.0 Å². The third-order valence-corrected chi connectivity index (χ3v) is 3.33. The van der Waals surface area contributed by atoms with Crippen molar-refractivity contribution in [2.45, 2.75) is 87.0 Å². The van der Waals surface area contributed by atoms with Gasteiger partial charge in [0.2, 0.25) is 0 Å². The monoisotopic (exact) mass is 330 g/mol. The van der Waals surface area contributed by atoms with Crippen molar-refractivity contribution < 1.29 is 19.1 Å². The molecule has 1 unspecified atom stereocenters. The highest BCUT2D eigenvalue weighted by Crippen LogP contribution is 2.03. The van der Waals surface area contributed by atoms with Gasteiger partial charge in [-0.3, -0.25) is 4.79 Å². The van der Waals surface area contributed by atoms with Crippen LogP contribution >= 0.6 is 0 Å². The average Bonchev–Trinajstić information content (AvgIpc) is 3.14. The van der Waals surface area contributed by atoms with Crippen molar-refractivity contribution in [3.8, 4) is 0 Å². The van der Waals surface area contributed by atoms with Gasteiger partial charge in [0, 0.05) is 38.4 Å². The normalized spacial score (nSPS) is 13.2. The molecule has 4 heteroatoms. The van der Waals surface area contributed by atoms with Crippen molar-refractivity contribution in [3.05, 3.63) is 0 Å². The molecule has 23 heavy (non-hydrogen) atoms. The second-order valence-corrected chi connectivity index (χ2v) is 5.56. The zero-order valence-electron chi connectivity index (χ0n) is 16.4. The second kappa shape index (κ2) is 21.0. The van der Waals surface area contributed by atoms with Crippen LogP contribution in [0.4, 0.5) is 0 Å². The maximum absolute atomic E-state index is 10.7. The van der Waals surface area contributed by atoms with Gasteiger partial charge in [0.25, 0.3) is 0 Å². The molecule has 0 aromatic carbocycles. The van der Waals surface area contributed by atoms with E-state index in [2.05, 4.69) is 0 Å². The van der Waals surface area contributed by atoms with Crippen molar-refractivity contribution in [1.29, 1.82) is 0 Å². The number of ketones is 3. The van der Waals surface area contributed by atoms with Crippen LogP contribution in [0.25, 0.3) is 0 Å². The first-order valence-corrected chi connectivity index (χ1v) is 8.85. The highest BCUT2D eigenvalue weighted by atomic mass is 16.5. The van der Waals surface area contributed by atoms with E-state index in [1.807, 2.05) is 34.6 Å². The summed E-state index contributed by atoms with van der Waals surface area (Å²) in [7, 11) is 0. The fourth-order valence-electron chi connectivity index (χ4n) is 1.09. The number of carbonyl (C=O) groups is 3. The van der Waals surface area contributed by atoms with E-state index < -0.39 is 0 Å². The van der Waals surface area contributed by atoms with Gasteiger partial charge >= 0.3 is 0 Å². The summed E-state index contributed by atoms with van der Waals surface area (Å²) in [5.74, 6) is 1.17. The predicted octanol–water partition coefficient (Wildman–Crippen LogP) is 4.78. The van der Waals surface area contributed by atoms with Crippen LogP contribution in [0.3, 0.4) is 0 Å². The molecule has 0 aliphatic carbocycles. The van der Waals surface area contributed by atoms with Crippen molar-refractivity contribution in [2.75, 3.05) is 13.2 Å². The van der Waals surface area contributed by atoms with Gasteiger partial charge in [-0.2, -0.15) is 0 Å². The Bertz CT molecular complexity index is 272. The average molecular weight is 331 g/mol. The Morgan fingerprint density at radius 1 is 0.826 bits per heavy atom. The molecule has 1 atom stereocenters. The molecular weight excluding hydrogens is 292 g/mol. The smallest absolute Gasteiger partial charge is 0.135 e. The Kier molecular flexibility index (Phi) is 24.5. The summed E-state index contributed by atoms with van der Waals surface area (Å²) in [6, 6.07) is 0. The van der Waals surface area contributed by atoms with E-state index >= 15 is 0 Å². The van der Waals surface area contributed by atoms with Gasteiger partial charge in [-0.05, 0) is 33.1 Å². The molecule has 4 nitrogen and oxygen atoms in total. The predicted molar refractivity (Wildman–Crippen MR) is 96.8 cm³/mol. The maximum atomic E-state index is 10.7. The molecule has 1 aliphatic rings. The number of ether oxygens (including phenoxy) is 1. The zero-order valence-corrected chi connectivity index (χ0v) is 16.4. The Labute approximate surface area is 143 Å². The Morgan fingerprint density at radius 3 is 1.26 bits per heavy atom. The molecule has 1 aliphatic heterocycles. The highest BCUT2D eigenvalue weighted by Gasteiger charge is 2.05. The molecule has 0 aromatic rings. The third-order valence-electron chi connectivity index (χ3n) is 3.33. The highest BCUT2D eigenvalue weighted by molar-refractivity contribution is 5.80. The number of hydrogen-bond acceptors (Lipinski definition) is 4. The second-order valence-electron chi connectivity index (χ2n) is 5.56. The largest absolute Gasteiger partial charge is 0.381 e. The minimum absolute atomic E-state index is 0.255. The minimum Gasteiger partial charge on any atom is -0.381 e. The number of rotatable bonds is 5. The fraction of sp³-hybridized carbons (Fsp3) is 0.842. The first kappa shape index (κ1) is 26.8. The molecule has 0 aromatic heterocycles.